The van der Waals surface area contributed by atoms with Crippen LogP contribution in [0.5, 0.6) is 0 Å². The fraction of sp³-hybridized carbons (Fsp3) is 0.176. The fourth-order valence-corrected chi connectivity index (χ4v) is 1.90. The van der Waals surface area contributed by atoms with Crippen molar-refractivity contribution < 1.29 is 13.2 Å². The van der Waals surface area contributed by atoms with Crippen LogP contribution in [-0.2, 0) is 12.6 Å². The van der Waals surface area contributed by atoms with Gasteiger partial charge in [-0.05, 0) is 35.8 Å². The number of nitriles is 1. The molecule has 5 heteroatoms. The number of rotatable bonds is 3. The van der Waals surface area contributed by atoms with E-state index in [0.29, 0.717) is 0 Å². The number of pyridine rings is 1. The van der Waals surface area contributed by atoms with Crippen LogP contribution >= 0.6 is 0 Å². The smallest absolute Gasteiger partial charge is 0.255 e. The van der Waals surface area contributed by atoms with E-state index in [1.807, 2.05) is 37.3 Å². The molecule has 0 saturated carbocycles. The molecule has 2 rings (SSSR count). The van der Waals surface area contributed by atoms with Gasteiger partial charge in [0.1, 0.15) is 6.07 Å². The molecular weight excluding hydrogens is 289 g/mol. The largest absolute Gasteiger partial charge is 0.417 e. The highest BCUT2D eigenvalue weighted by molar-refractivity contribution is 5.88. The lowest BCUT2D eigenvalue weighted by Crippen LogP contribution is -2.05. The zero-order chi connectivity index (χ0) is 16.2. The summed E-state index contributed by atoms with van der Waals surface area (Å²) in [7, 11) is 0. The Kier molecular flexibility index (Phi) is 4.62. The van der Waals surface area contributed by atoms with E-state index < -0.39 is 11.7 Å². The van der Waals surface area contributed by atoms with Gasteiger partial charge >= 0.3 is 6.18 Å². The molecular formula is C17H13F3N2. The Hall–Kier alpha value is -2.61. The van der Waals surface area contributed by atoms with Gasteiger partial charge in [-0.2, -0.15) is 18.4 Å². The van der Waals surface area contributed by atoms with Crippen molar-refractivity contribution in [1.82, 2.24) is 4.98 Å². The minimum Gasteiger partial charge on any atom is -0.255 e. The molecule has 0 unspecified atom stereocenters. The minimum atomic E-state index is -4.43. The van der Waals surface area contributed by atoms with Crippen molar-refractivity contribution in [3.8, 4) is 6.07 Å². The third kappa shape index (κ3) is 3.73. The number of hydrogen-bond donors (Lipinski definition) is 0. The fourth-order valence-electron chi connectivity index (χ4n) is 1.90. The second kappa shape index (κ2) is 6.44. The number of alkyl halides is 3. The van der Waals surface area contributed by atoms with Crippen molar-refractivity contribution in [2.45, 2.75) is 19.5 Å². The van der Waals surface area contributed by atoms with Gasteiger partial charge in [0, 0.05) is 6.20 Å². The Morgan fingerprint density at radius 2 is 1.86 bits per heavy atom. The highest BCUT2D eigenvalue weighted by Gasteiger charge is 2.30. The zero-order valence-electron chi connectivity index (χ0n) is 11.9. The molecule has 0 atom stereocenters. The van der Waals surface area contributed by atoms with Crippen LogP contribution in [0.15, 0.2) is 42.6 Å². The van der Waals surface area contributed by atoms with Crippen molar-refractivity contribution in [3.63, 3.8) is 0 Å². The first kappa shape index (κ1) is 15.8. The number of aromatic nitrogens is 1. The van der Waals surface area contributed by atoms with Crippen LogP contribution < -0.4 is 0 Å². The summed E-state index contributed by atoms with van der Waals surface area (Å²) in [5.74, 6) is 0. The molecule has 1 heterocycles. The Morgan fingerprint density at radius 1 is 1.18 bits per heavy atom. The molecule has 0 amide bonds. The highest BCUT2D eigenvalue weighted by Crippen LogP contribution is 2.29. The number of nitrogens with zero attached hydrogens (tertiary/aromatic N) is 2. The molecule has 0 saturated heterocycles. The van der Waals surface area contributed by atoms with Crippen molar-refractivity contribution in [1.29, 1.82) is 5.26 Å². The van der Waals surface area contributed by atoms with E-state index in [-0.39, 0.29) is 11.3 Å². The minimum absolute atomic E-state index is 0.218. The molecule has 2 nitrogen and oxygen atoms in total. The normalized spacial score (nSPS) is 12.0. The molecule has 0 bridgehead atoms. The summed E-state index contributed by atoms with van der Waals surface area (Å²) in [5, 5.41) is 9.19. The van der Waals surface area contributed by atoms with Crippen LogP contribution in [0.25, 0.3) is 11.6 Å². The van der Waals surface area contributed by atoms with Crippen LogP contribution in [-0.4, -0.2) is 4.98 Å². The molecule has 0 radical (unpaired) electrons. The average Bonchev–Trinajstić information content (AvgIpc) is 2.52. The number of allylic oxidation sites excluding steroid dienone is 1. The van der Waals surface area contributed by atoms with Crippen molar-refractivity contribution >= 4 is 11.6 Å². The van der Waals surface area contributed by atoms with E-state index in [1.165, 1.54) is 11.6 Å². The van der Waals surface area contributed by atoms with Gasteiger partial charge in [0.15, 0.2) is 0 Å². The maximum atomic E-state index is 12.5. The van der Waals surface area contributed by atoms with E-state index in [2.05, 4.69) is 4.98 Å². The lowest BCUT2D eigenvalue weighted by molar-refractivity contribution is -0.137. The summed E-state index contributed by atoms with van der Waals surface area (Å²) in [6.07, 6.45) is -1.18. The summed E-state index contributed by atoms with van der Waals surface area (Å²) in [5.41, 5.74) is 1.58. The van der Waals surface area contributed by atoms with Crippen LogP contribution in [0, 0.1) is 11.3 Å². The Balaban J connectivity index is 2.31. The quantitative estimate of drug-likeness (QED) is 0.769. The Labute approximate surface area is 126 Å². The summed E-state index contributed by atoms with van der Waals surface area (Å²) < 4.78 is 37.5. The van der Waals surface area contributed by atoms with E-state index in [4.69, 9.17) is 0 Å². The van der Waals surface area contributed by atoms with E-state index in [0.717, 1.165) is 24.2 Å². The maximum absolute atomic E-state index is 12.5. The van der Waals surface area contributed by atoms with E-state index >= 15 is 0 Å². The summed E-state index contributed by atoms with van der Waals surface area (Å²) in [4.78, 5) is 3.74. The molecule has 112 valence electrons. The SMILES string of the molecule is CCc1ccc(/C=C(\C#N)c2ccc(C(F)(F)F)cn2)cc1. The first-order valence-electron chi connectivity index (χ1n) is 6.68. The zero-order valence-corrected chi connectivity index (χ0v) is 11.9. The van der Waals surface area contributed by atoms with Crippen molar-refractivity contribution in [3.05, 3.63) is 65.0 Å². The topological polar surface area (TPSA) is 36.7 Å². The third-order valence-corrected chi connectivity index (χ3v) is 3.19. The molecule has 0 aliphatic carbocycles. The average molecular weight is 302 g/mol. The van der Waals surface area contributed by atoms with E-state index in [9.17, 15) is 18.4 Å². The Bertz CT molecular complexity index is 706. The number of hydrogen-bond acceptors (Lipinski definition) is 2. The van der Waals surface area contributed by atoms with Gasteiger partial charge in [0.2, 0.25) is 0 Å². The van der Waals surface area contributed by atoms with Gasteiger partial charge in [-0.25, -0.2) is 0 Å². The predicted octanol–water partition coefficient (Wildman–Crippen LogP) is 4.73. The lowest BCUT2D eigenvalue weighted by atomic mass is 10.1. The summed E-state index contributed by atoms with van der Waals surface area (Å²) in [6, 6.07) is 11.7. The van der Waals surface area contributed by atoms with Gasteiger partial charge < -0.3 is 0 Å². The predicted molar refractivity (Wildman–Crippen MR) is 78.5 cm³/mol. The van der Waals surface area contributed by atoms with Crippen molar-refractivity contribution in [2.24, 2.45) is 0 Å². The van der Waals surface area contributed by atoms with Gasteiger partial charge in [-0.1, -0.05) is 31.2 Å². The van der Waals surface area contributed by atoms with Crippen LogP contribution in [0.2, 0.25) is 0 Å². The van der Waals surface area contributed by atoms with Crippen LogP contribution in [0.3, 0.4) is 0 Å². The molecule has 2 aromatic rings. The molecule has 1 aromatic heterocycles. The van der Waals surface area contributed by atoms with Crippen LogP contribution in [0.1, 0.15) is 29.3 Å². The molecule has 1 aromatic carbocycles. The molecule has 0 N–H and O–H groups in total. The third-order valence-electron chi connectivity index (χ3n) is 3.19. The number of aryl methyl sites for hydroxylation is 1. The first-order chi connectivity index (χ1) is 10.4. The molecule has 0 aliphatic heterocycles. The highest BCUT2D eigenvalue weighted by atomic mass is 19.4. The number of benzene rings is 1. The lowest BCUT2D eigenvalue weighted by Gasteiger charge is -2.06. The molecule has 0 aliphatic rings. The van der Waals surface area contributed by atoms with Gasteiger partial charge in [-0.15, -0.1) is 0 Å². The molecule has 0 spiro atoms. The molecule has 22 heavy (non-hydrogen) atoms. The monoisotopic (exact) mass is 302 g/mol. The van der Waals surface area contributed by atoms with Gasteiger partial charge in [-0.3, -0.25) is 4.98 Å². The standard InChI is InChI=1S/C17H13F3N2/c1-2-12-3-5-13(6-4-12)9-14(10-21)16-8-7-15(11-22-16)17(18,19)20/h3-9,11H,2H2,1H3/b14-9+. The van der Waals surface area contributed by atoms with Gasteiger partial charge in [0.25, 0.3) is 0 Å². The van der Waals surface area contributed by atoms with Gasteiger partial charge in [0.05, 0.1) is 16.8 Å². The van der Waals surface area contributed by atoms with E-state index in [1.54, 1.807) is 6.08 Å². The summed E-state index contributed by atoms with van der Waals surface area (Å²) >= 11 is 0. The maximum Gasteiger partial charge on any atom is 0.417 e. The van der Waals surface area contributed by atoms with Crippen LogP contribution in [0.4, 0.5) is 13.2 Å². The second-order valence-electron chi connectivity index (χ2n) is 4.69. The second-order valence-corrected chi connectivity index (χ2v) is 4.69. The number of halogens is 3. The molecule has 0 fully saturated rings. The Morgan fingerprint density at radius 3 is 2.32 bits per heavy atom. The first-order valence-corrected chi connectivity index (χ1v) is 6.68. The van der Waals surface area contributed by atoms with Crippen molar-refractivity contribution in [2.75, 3.05) is 0 Å². The summed E-state index contributed by atoms with van der Waals surface area (Å²) in [6.45, 7) is 2.04.